The number of anilines is 1. The van der Waals surface area contributed by atoms with E-state index in [2.05, 4.69) is 155 Å². The highest BCUT2D eigenvalue weighted by Gasteiger charge is 2.24. The summed E-state index contributed by atoms with van der Waals surface area (Å²) in [6, 6.07) is 52.9. The van der Waals surface area contributed by atoms with Crippen LogP contribution >= 0.6 is 0 Å². The summed E-state index contributed by atoms with van der Waals surface area (Å²) in [6.07, 6.45) is 0.985. The summed E-state index contributed by atoms with van der Waals surface area (Å²) in [5.74, 6) is 0. The molecule has 1 N–H and O–H groups in total. The molecular weight excluding hydrogens is 484 g/mol. The van der Waals surface area contributed by atoms with Gasteiger partial charge in [-0.15, -0.1) is 0 Å². The number of hydrogen-bond acceptors (Lipinski definition) is 1. The van der Waals surface area contributed by atoms with Gasteiger partial charge in [0.25, 0.3) is 0 Å². The van der Waals surface area contributed by atoms with Gasteiger partial charge in [-0.1, -0.05) is 109 Å². The molecule has 6 aromatic carbocycles. The SMILES string of the molecule is c1ccc2c(c1)CC(Nc1ccc(-c3ccc(-n4c5ccccc5c5ccccc54)cc3)cc1)c1ccccc1-2. The van der Waals surface area contributed by atoms with Gasteiger partial charge in [-0.2, -0.15) is 0 Å². The zero-order valence-electron chi connectivity index (χ0n) is 22.1. The Hall–Kier alpha value is -5.08. The molecule has 1 aromatic heterocycles. The van der Waals surface area contributed by atoms with Gasteiger partial charge in [0.05, 0.1) is 17.1 Å². The molecule has 0 bridgehead atoms. The lowest BCUT2D eigenvalue weighted by Gasteiger charge is -2.29. The lowest BCUT2D eigenvalue weighted by atomic mass is 9.82. The van der Waals surface area contributed by atoms with E-state index in [1.807, 2.05) is 0 Å². The van der Waals surface area contributed by atoms with Crippen LogP contribution in [0.15, 0.2) is 146 Å². The Bertz CT molecular complexity index is 1940. The summed E-state index contributed by atoms with van der Waals surface area (Å²) >= 11 is 0. The molecule has 40 heavy (non-hydrogen) atoms. The molecule has 0 saturated heterocycles. The van der Waals surface area contributed by atoms with Crippen molar-refractivity contribution in [1.82, 2.24) is 4.57 Å². The third-order valence-electron chi connectivity index (χ3n) is 8.33. The zero-order chi connectivity index (χ0) is 26.5. The van der Waals surface area contributed by atoms with Gasteiger partial charge in [0.2, 0.25) is 0 Å². The summed E-state index contributed by atoms with van der Waals surface area (Å²) in [6.45, 7) is 0. The van der Waals surface area contributed by atoms with Crippen molar-refractivity contribution in [3.63, 3.8) is 0 Å². The standard InChI is InChI=1S/C38H28N2/c1-2-10-31-28(9-1)25-36(33-12-4-3-11-32(31)33)39-29-21-17-26(18-22-29)27-19-23-30(24-20-27)40-37-15-7-5-13-34(37)35-14-6-8-16-38(35)40/h1-24,36,39H,25H2. The van der Waals surface area contributed by atoms with Crippen LogP contribution < -0.4 is 5.32 Å². The molecule has 0 aliphatic heterocycles. The maximum Gasteiger partial charge on any atom is 0.0560 e. The highest BCUT2D eigenvalue weighted by Crippen LogP contribution is 2.40. The minimum absolute atomic E-state index is 0.252. The lowest BCUT2D eigenvalue weighted by molar-refractivity contribution is 0.765. The van der Waals surface area contributed by atoms with Crippen LogP contribution in [0.2, 0.25) is 0 Å². The molecule has 190 valence electrons. The fraction of sp³-hybridized carbons (Fsp3) is 0.0526. The zero-order valence-corrected chi connectivity index (χ0v) is 22.1. The smallest absolute Gasteiger partial charge is 0.0560 e. The molecule has 2 nitrogen and oxygen atoms in total. The molecule has 1 unspecified atom stereocenters. The Kier molecular flexibility index (Phi) is 5.31. The van der Waals surface area contributed by atoms with Gasteiger partial charge in [0.15, 0.2) is 0 Å². The van der Waals surface area contributed by atoms with Gasteiger partial charge in [-0.25, -0.2) is 0 Å². The van der Waals surface area contributed by atoms with Crippen LogP contribution in [0.5, 0.6) is 0 Å². The summed E-state index contributed by atoms with van der Waals surface area (Å²) in [5.41, 5.74) is 12.7. The minimum atomic E-state index is 0.252. The van der Waals surface area contributed by atoms with E-state index in [4.69, 9.17) is 0 Å². The van der Waals surface area contributed by atoms with Gasteiger partial charge in [-0.05, 0) is 76.2 Å². The molecule has 1 heterocycles. The first-order valence-corrected chi connectivity index (χ1v) is 14.0. The molecule has 0 radical (unpaired) electrons. The molecule has 7 aromatic rings. The first-order chi connectivity index (χ1) is 19.8. The number of benzene rings is 6. The van der Waals surface area contributed by atoms with Crippen molar-refractivity contribution in [2.24, 2.45) is 0 Å². The number of hydrogen-bond donors (Lipinski definition) is 1. The van der Waals surface area contributed by atoms with E-state index in [0.717, 1.165) is 12.1 Å². The third kappa shape index (κ3) is 3.72. The topological polar surface area (TPSA) is 17.0 Å². The Morgan fingerprint density at radius 3 is 1.75 bits per heavy atom. The molecule has 2 heteroatoms. The monoisotopic (exact) mass is 512 g/mol. The lowest BCUT2D eigenvalue weighted by Crippen LogP contribution is -2.18. The Morgan fingerprint density at radius 1 is 0.500 bits per heavy atom. The third-order valence-corrected chi connectivity index (χ3v) is 8.33. The average molecular weight is 513 g/mol. The van der Waals surface area contributed by atoms with E-state index >= 15 is 0 Å². The fourth-order valence-electron chi connectivity index (χ4n) is 6.43. The van der Waals surface area contributed by atoms with E-state index in [1.54, 1.807) is 0 Å². The average Bonchev–Trinajstić information content (AvgIpc) is 3.36. The number of nitrogens with zero attached hydrogens (tertiary/aromatic N) is 1. The number of aromatic nitrogens is 1. The molecule has 1 aliphatic rings. The second-order valence-electron chi connectivity index (χ2n) is 10.6. The van der Waals surface area contributed by atoms with Crippen LogP contribution in [0.1, 0.15) is 17.2 Å². The predicted molar refractivity (Wildman–Crippen MR) is 168 cm³/mol. The first-order valence-electron chi connectivity index (χ1n) is 14.0. The summed E-state index contributed by atoms with van der Waals surface area (Å²) in [7, 11) is 0. The van der Waals surface area contributed by atoms with E-state index < -0.39 is 0 Å². The van der Waals surface area contributed by atoms with Gasteiger partial charge >= 0.3 is 0 Å². The predicted octanol–water partition coefficient (Wildman–Crippen LogP) is 9.83. The van der Waals surface area contributed by atoms with Gasteiger partial charge in [-0.3, -0.25) is 0 Å². The summed E-state index contributed by atoms with van der Waals surface area (Å²) < 4.78 is 2.36. The number of para-hydroxylation sites is 2. The van der Waals surface area contributed by atoms with Crippen molar-refractivity contribution in [3.8, 4) is 27.9 Å². The maximum absolute atomic E-state index is 3.81. The van der Waals surface area contributed by atoms with Crippen molar-refractivity contribution in [2.75, 3.05) is 5.32 Å². The van der Waals surface area contributed by atoms with Crippen LogP contribution in [-0.4, -0.2) is 4.57 Å². The van der Waals surface area contributed by atoms with Gasteiger partial charge in [0.1, 0.15) is 0 Å². The number of fused-ring (bicyclic) bond motifs is 6. The van der Waals surface area contributed by atoms with Crippen LogP contribution in [0, 0.1) is 0 Å². The molecule has 0 amide bonds. The summed E-state index contributed by atoms with van der Waals surface area (Å²) in [4.78, 5) is 0. The van der Waals surface area contributed by atoms with Crippen LogP contribution in [-0.2, 0) is 6.42 Å². The van der Waals surface area contributed by atoms with Crippen molar-refractivity contribution in [1.29, 1.82) is 0 Å². The van der Waals surface area contributed by atoms with Crippen LogP contribution in [0.25, 0.3) is 49.7 Å². The Labute approximate surface area is 234 Å². The fourth-order valence-corrected chi connectivity index (χ4v) is 6.43. The largest absolute Gasteiger partial charge is 0.378 e. The number of nitrogens with one attached hydrogen (secondary N) is 1. The molecular formula is C38H28N2. The summed E-state index contributed by atoms with van der Waals surface area (Å²) in [5, 5.41) is 6.39. The molecule has 1 atom stereocenters. The van der Waals surface area contributed by atoms with E-state index in [1.165, 1.54) is 60.9 Å². The van der Waals surface area contributed by atoms with Crippen LogP contribution in [0.4, 0.5) is 5.69 Å². The van der Waals surface area contributed by atoms with Crippen molar-refractivity contribution in [3.05, 3.63) is 157 Å². The second-order valence-corrected chi connectivity index (χ2v) is 10.6. The van der Waals surface area contributed by atoms with Crippen molar-refractivity contribution in [2.45, 2.75) is 12.5 Å². The molecule has 8 rings (SSSR count). The van der Waals surface area contributed by atoms with Crippen molar-refractivity contribution < 1.29 is 0 Å². The second kappa shape index (κ2) is 9.29. The quantitative estimate of drug-likeness (QED) is 0.248. The number of rotatable bonds is 4. The Morgan fingerprint density at radius 2 is 1.05 bits per heavy atom. The van der Waals surface area contributed by atoms with E-state index in [-0.39, 0.29) is 6.04 Å². The highest BCUT2D eigenvalue weighted by molar-refractivity contribution is 6.09. The first kappa shape index (κ1) is 22.9. The van der Waals surface area contributed by atoms with E-state index in [9.17, 15) is 0 Å². The van der Waals surface area contributed by atoms with Gasteiger partial charge in [0, 0.05) is 22.1 Å². The normalized spacial score (nSPS) is 14.2. The van der Waals surface area contributed by atoms with Crippen LogP contribution in [0.3, 0.4) is 0 Å². The molecule has 1 aliphatic carbocycles. The molecule has 0 saturated carbocycles. The Balaban J connectivity index is 1.07. The molecule has 0 fully saturated rings. The maximum atomic E-state index is 3.81. The highest BCUT2D eigenvalue weighted by atomic mass is 15.0. The molecule has 0 spiro atoms. The van der Waals surface area contributed by atoms with Gasteiger partial charge < -0.3 is 9.88 Å². The minimum Gasteiger partial charge on any atom is -0.378 e. The van der Waals surface area contributed by atoms with Crippen molar-refractivity contribution >= 4 is 27.5 Å². The van der Waals surface area contributed by atoms with E-state index in [0.29, 0.717) is 0 Å².